The van der Waals surface area contributed by atoms with Crippen molar-refractivity contribution in [1.29, 1.82) is 0 Å². The Labute approximate surface area is 802 Å². The topological polar surface area (TPSA) is 14.7 Å². The van der Waals surface area contributed by atoms with Crippen LogP contribution < -0.4 is 14.7 Å². The standard InChI is InChI=1S/C46H47N.C44H42N2.C41H43N/c1-46(2)44-11-7-6-10-41(44)42-27-20-36(30-45(42)46)34-16-23-39(24-17-34)47(38-21-14-33(15-22-38)32-8-4-3-5-9-32)40-25-18-35(19-26-40)43-29-31-12-13-37(43)28-31;1-2-6-35(7-3-1)46-43-9-5-4-8-39(43)40-23-22-38(28-44(40)46)45(36-18-14-31(15-19-36)41-26-29-10-12-33(41)24-29)37-20-16-32(17-21-37)42-27-30-11-13-34(42)25-30;1-41(2)39-6-4-3-5-35(39)36-20-19-34(25-40(36)41)42(32-15-11-28(12-16-32)37-23-26-7-9-30(37)21-26)33-17-13-29(14-18-33)38-24-27-8-10-31(38)22-27/h6-7,10-11,14-27,30-32,37,43H,3-5,8-9,12-13,28-29H2,1-2H3;1-9,14-23,28-30,33-34,41-42H,10-13,24-27H2;3-6,11-20,25-27,30-31,37-38H,7-10,21-24H2,1-2H3. The van der Waals surface area contributed by atoms with Crippen molar-refractivity contribution in [3.8, 4) is 39.1 Å². The predicted molar refractivity (Wildman–Crippen MR) is 565 cm³/mol. The number of hydrogen-bond donors (Lipinski definition) is 0. The van der Waals surface area contributed by atoms with Crippen LogP contribution in [0.2, 0.25) is 0 Å². The number of benzene rings is 14. The highest BCUT2D eigenvalue weighted by molar-refractivity contribution is 6.10. The molecule has 0 spiro atoms. The minimum absolute atomic E-state index is 0.00662. The molecule has 0 amide bonds. The molecule has 135 heavy (non-hydrogen) atoms. The summed E-state index contributed by atoms with van der Waals surface area (Å²) >= 11 is 0. The summed E-state index contributed by atoms with van der Waals surface area (Å²) in [5.41, 5.74) is 37.9. The molecular weight excluding hydrogens is 1630 g/mol. The molecule has 676 valence electrons. The fourth-order valence-electron chi connectivity index (χ4n) is 30.8. The monoisotopic (exact) mass is 1760 g/mol. The number of para-hydroxylation sites is 2. The molecule has 15 unspecified atom stereocenters. The van der Waals surface area contributed by atoms with Gasteiger partial charge in [0.15, 0.2) is 0 Å². The summed E-state index contributed by atoms with van der Waals surface area (Å²) < 4.78 is 2.43. The molecule has 4 nitrogen and oxygen atoms in total. The highest BCUT2D eigenvalue weighted by Crippen LogP contribution is 2.61. The maximum atomic E-state index is 2.51. The van der Waals surface area contributed by atoms with Crippen LogP contribution in [0.25, 0.3) is 60.9 Å². The lowest BCUT2D eigenvalue weighted by molar-refractivity contribution is 0.420. The third-order valence-corrected chi connectivity index (χ3v) is 37.6. The van der Waals surface area contributed by atoms with Crippen LogP contribution in [0.15, 0.2) is 328 Å². The van der Waals surface area contributed by atoms with E-state index in [0.29, 0.717) is 0 Å². The van der Waals surface area contributed by atoms with Gasteiger partial charge in [-0.2, -0.15) is 0 Å². The zero-order chi connectivity index (χ0) is 89.7. The summed E-state index contributed by atoms with van der Waals surface area (Å²) in [5.74, 6) is 13.9. The van der Waals surface area contributed by atoms with Crippen molar-refractivity contribution >= 4 is 73.0 Å². The molecule has 0 N–H and O–H groups in total. The Hall–Kier alpha value is -11.7. The molecule has 15 atom stereocenters. The molecule has 13 aliphatic rings. The first kappa shape index (κ1) is 83.8. The Morgan fingerprint density at radius 2 is 0.533 bits per heavy atom. The zero-order valence-electron chi connectivity index (χ0n) is 79.9. The van der Waals surface area contributed by atoms with Crippen LogP contribution in [0.5, 0.6) is 0 Å². The maximum absolute atomic E-state index is 2.51. The molecule has 15 aromatic rings. The Bertz CT molecular complexity index is 6740. The van der Waals surface area contributed by atoms with E-state index in [2.05, 4.69) is 375 Å². The van der Waals surface area contributed by atoms with Gasteiger partial charge < -0.3 is 19.3 Å². The Morgan fingerprint density at radius 3 is 0.933 bits per heavy atom. The Balaban J connectivity index is 0.000000106. The smallest absolute Gasteiger partial charge is 0.0561 e. The van der Waals surface area contributed by atoms with Crippen molar-refractivity contribution in [2.75, 3.05) is 14.7 Å². The fourth-order valence-corrected chi connectivity index (χ4v) is 30.8. The lowest BCUT2D eigenvalue weighted by Gasteiger charge is -2.29. The van der Waals surface area contributed by atoms with Crippen molar-refractivity contribution < 1.29 is 0 Å². The largest absolute Gasteiger partial charge is 0.311 e. The summed E-state index contributed by atoms with van der Waals surface area (Å²) in [4.78, 5) is 7.46. The van der Waals surface area contributed by atoms with Gasteiger partial charge in [0.05, 0.1) is 11.0 Å². The van der Waals surface area contributed by atoms with Crippen LogP contribution >= 0.6 is 0 Å². The quantitative estimate of drug-likeness (QED) is 0.0903. The van der Waals surface area contributed by atoms with E-state index in [9.17, 15) is 0 Å². The summed E-state index contributed by atoms with van der Waals surface area (Å²) in [5, 5.41) is 2.59. The molecule has 0 saturated heterocycles. The lowest BCUT2D eigenvalue weighted by atomic mass is 9.81. The number of nitrogens with zero attached hydrogens (tertiary/aromatic N) is 4. The summed E-state index contributed by atoms with van der Waals surface area (Å²) in [7, 11) is 0. The van der Waals surface area contributed by atoms with E-state index in [1.165, 1.54) is 300 Å². The molecule has 1 aromatic heterocycles. The van der Waals surface area contributed by atoms with E-state index >= 15 is 0 Å². The zero-order valence-corrected chi connectivity index (χ0v) is 79.9. The first-order valence-electron chi connectivity index (χ1n) is 53.0. The molecular formula is C131H132N4. The number of anilines is 9. The number of rotatable bonds is 17. The van der Waals surface area contributed by atoms with Gasteiger partial charge in [-0.1, -0.05) is 273 Å². The molecule has 10 bridgehead atoms. The van der Waals surface area contributed by atoms with E-state index in [1.54, 1.807) is 27.8 Å². The van der Waals surface area contributed by atoms with Gasteiger partial charge >= 0.3 is 0 Å². The third-order valence-electron chi connectivity index (χ3n) is 37.6. The Morgan fingerprint density at radius 1 is 0.222 bits per heavy atom. The van der Waals surface area contributed by atoms with E-state index < -0.39 is 0 Å². The van der Waals surface area contributed by atoms with E-state index in [0.717, 1.165) is 94.7 Å². The molecule has 11 fully saturated rings. The molecule has 13 aliphatic carbocycles. The van der Waals surface area contributed by atoms with E-state index in [4.69, 9.17) is 0 Å². The molecule has 4 heteroatoms. The second-order valence-corrected chi connectivity index (χ2v) is 45.6. The molecule has 28 rings (SSSR count). The molecule has 0 aliphatic heterocycles. The molecule has 0 radical (unpaired) electrons. The lowest BCUT2D eigenvalue weighted by Crippen LogP contribution is -2.16. The first-order valence-corrected chi connectivity index (χ1v) is 53.0. The number of aromatic nitrogens is 1. The van der Waals surface area contributed by atoms with Gasteiger partial charge in [0.1, 0.15) is 0 Å². The highest BCUT2D eigenvalue weighted by atomic mass is 15.2. The van der Waals surface area contributed by atoms with Gasteiger partial charge in [-0.3, -0.25) is 0 Å². The summed E-state index contributed by atoms with van der Waals surface area (Å²) in [6.07, 6.45) is 35.5. The van der Waals surface area contributed by atoms with Crippen LogP contribution in [0, 0.1) is 59.2 Å². The fraction of sp³-hybridized carbons (Fsp3) is 0.359. The normalized spacial score (nSPS) is 26.1. The van der Waals surface area contributed by atoms with E-state index in [-0.39, 0.29) is 10.8 Å². The maximum Gasteiger partial charge on any atom is 0.0561 e. The van der Waals surface area contributed by atoms with Gasteiger partial charge in [-0.05, 0) is 426 Å². The van der Waals surface area contributed by atoms with Crippen molar-refractivity contribution in [3.05, 3.63) is 383 Å². The number of hydrogen-bond acceptors (Lipinski definition) is 3. The van der Waals surface area contributed by atoms with Crippen LogP contribution in [0.4, 0.5) is 51.2 Å². The van der Waals surface area contributed by atoms with Crippen LogP contribution in [0.1, 0.15) is 279 Å². The highest BCUT2D eigenvalue weighted by Gasteiger charge is 2.46. The van der Waals surface area contributed by atoms with Crippen LogP contribution in [-0.4, -0.2) is 4.57 Å². The van der Waals surface area contributed by atoms with Crippen LogP contribution in [0.3, 0.4) is 0 Å². The van der Waals surface area contributed by atoms with Gasteiger partial charge in [-0.25, -0.2) is 0 Å². The number of fused-ring (bicyclic) bond motifs is 19. The van der Waals surface area contributed by atoms with E-state index in [1.807, 2.05) is 0 Å². The second-order valence-electron chi connectivity index (χ2n) is 45.6. The third kappa shape index (κ3) is 15.0. The van der Waals surface area contributed by atoms with Crippen LogP contribution in [-0.2, 0) is 10.8 Å². The molecule has 14 aromatic carbocycles. The van der Waals surface area contributed by atoms with Gasteiger partial charge in [0.25, 0.3) is 0 Å². The molecule has 11 saturated carbocycles. The summed E-state index contributed by atoms with van der Waals surface area (Å²) in [6.45, 7) is 9.51. The summed E-state index contributed by atoms with van der Waals surface area (Å²) in [6, 6.07) is 126. The van der Waals surface area contributed by atoms with Crippen molar-refractivity contribution in [1.82, 2.24) is 4.57 Å². The average Bonchev–Trinajstić information content (AvgIpc) is 1.57. The van der Waals surface area contributed by atoms with Gasteiger partial charge in [-0.15, -0.1) is 0 Å². The minimum atomic E-state index is -0.00903. The molecule has 1 heterocycles. The second kappa shape index (κ2) is 34.2. The van der Waals surface area contributed by atoms with Crippen molar-refractivity contribution in [3.63, 3.8) is 0 Å². The van der Waals surface area contributed by atoms with Crippen molar-refractivity contribution in [2.45, 2.75) is 235 Å². The predicted octanol–water partition coefficient (Wildman–Crippen LogP) is 36.4. The first-order chi connectivity index (χ1) is 66.3. The van der Waals surface area contributed by atoms with Crippen molar-refractivity contribution in [2.24, 2.45) is 59.2 Å². The average molecular weight is 1760 g/mol. The van der Waals surface area contributed by atoms with Gasteiger partial charge in [0, 0.05) is 78.5 Å². The SMILES string of the molecule is CC1(C)c2ccccc2-c2ccc(-c3ccc(N(c4ccc(C5CCCCC5)cc4)c4ccc(C5CC6CCC5C6)cc4)cc3)cc21.CC1(C)c2ccccc2-c2ccc(N(c3ccc(C4CC5CCC4C5)cc3)c3ccc(C4CC5CCC4C5)cc3)cc21.c1ccc(-n2c3ccccc3c3ccc(N(c4ccc(C5CC6CCC5C6)cc4)c4ccc(C5CC6CCC5C6)cc4)cc32)cc1. The Kier molecular flexibility index (Phi) is 21.2. The van der Waals surface area contributed by atoms with Gasteiger partial charge in [0.2, 0.25) is 0 Å². The minimum Gasteiger partial charge on any atom is -0.311 e.